The zero-order chi connectivity index (χ0) is 29.3. The molecule has 214 valence electrons. The Morgan fingerprint density at radius 3 is 2.17 bits per heavy atom. The third kappa shape index (κ3) is 3.89. The SMILES string of the molecule is CC1=CC23C(=O)C(C=C(COC(=O)c4ccccc4)[C@@H](O)[C@]2(O)C1OC(=O)c1ccccc1)[C@H]1[C@@H](CC3C)C1(C)C. The molecule has 2 aromatic rings. The van der Waals surface area contributed by atoms with Crippen molar-refractivity contribution in [3.05, 3.63) is 95.1 Å². The molecule has 8 atom stereocenters. The van der Waals surface area contributed by atoms with Gasteiger partial charge in [-0.25, -0.2) is 9.59 Å². The summed E-state index contributed by atoms with van der Waals surface area (Å²) in [5.41, 5.74) is -2.40. The maximum Gasteiger partial charge on any atom is 0.338 e. The van der Waals surface area contributed by atoms with E-state index < -0.39 is 41.1 Å². The number of hydrogen-bond donors (Lipinski definition) is 2. The van der Waals surface area contributed by atoms with Crippen LogP contribution in [0.15, 0.2) is 84.0 Å². The van der Waals surface area contributed by atoms with Crippen LogP contribution in [0.4, 0.5) is 0 Å². The zero-order valence-electron chi connectivity index (χ0n) is 23.7. The molecule has 0 heterocycles. The van der Waals surface area contributed by atoms with E-state index in [9.17, 15) is 24.6 Å². The predicted molar refractivity (Wildman–Crippen MR) is 151 cm³/mol. The fourth-order valence-electron chi connectivity index (χ4n) is 8.14. The van der Waals surface area contributed by atoms with Gasteiger partial charge in [0.05, 0.1) is 16.5 Å². The molecule has 7 nitrogen and oxygen atoms in total. The molecule has 2 N–H and O–H groups in total. The average molecular weight is 557 g/mol. The molecular formula is C34H36O7. The molecule has 4 aliphatic rings. The minimum absolute atomic E-state index is 0.0193. The maximum atomic E-state index is 14.7. The maximum absolute atomic E-state index is 14.7. The average Bonchev–Trinajstić information content (AvgIpc) is 3.46. The van der Waals surface area contributed by atoms with Crippen LogP contribution in [0.25, 0.3) is 0 Å². The van der Waals surface area contributed by atoms with E-state index in [4.69, 9.17) is 9.47 Å². The normalized spacial score (nSPS) is 36.5. The lowest BCUT2D eigenvalue weighted by Crippen LogP contribution is -2.65. The number of rotatable bonds is 5. The molecule has 6 rings (SSSR count). The third-order valence-electron chi connectivity index (χ3n) is 10.3. The van der Waals surface area contributed by atoms with Gasteiger partial charge < -0.3 is 19.7 Å². The molecule has 7 heteroatoms. The second-order valence-corrected chi connectivity index (χ2v) is 12.8. The highest BCUT2D eigenvalue weighted by molar-refractivity contribution is 5.96. The Bertz CT molecular complexity index is 1460. The summed E-state index contributed by atoms with van der Waals surface area (Å²) in [6, 6.07) is 16.9. The first kappa shape index (κ1) is 27.6. The molecule has 1 spiro atoms. The lowest BCUT2D eigenvalue weighted by Gasteiger charge is -2.48. The highest BCUT2D eigenvalue weighted by Gasteiger charge is 2.76. The number of fused-ring (bicyclic) bond motifs is 3. The van der Waals surface area contributed by atoms with Crippen molar-refractivity contribution in [3.8, 4) is 0 Å². The second-order valence-electron chi connectivity index (χ2n) is 12.8. The van der Waals surface area contributed by atoms with E-state index in [-0.39, 0.29) is 41.1 Å². The molecule has 2 bridgehead atoms. The summed E-state index contributed by atoms with van der Waals surface area (Å²) in [7, 11) is 0. The number of aliphatic hydroxyl groups excluding tert-OH is 1. The number of ketones is 1. The summed E-state index contributed by atoms with van der Waals surface area (Å²) in [4.78, 5) is 40.8. The first-order chi connectivity index (χ1) is 19.4. The van der Waals surface area contributed by atoms with Crippen molar-refractivity contribution in [2.24, 2.45) is 34.5 Å². The van der Waals surface area contributed by atoms with Gasteiger partial charge in [0.1, 0.15) is 12.7 Å². The Morgan fingerprint density at radius 2 is 1.56 bits per heavy atom. The first-order valence-corrected chi connectivity index (χ1v) is 14.3. The molecule has 2 aromatic carbocycles. The highest BCUT2D eigenvalue weighted by Crippen LogP contribution is 2.71. The predicted octanol–water partition coefficient (Wildman–Crippen LogP) is 4.54. The van der Waals surface area contributed by atoms with E-state index in [1.165, 1.54) is 0 Å². The number of ether oxygens (including phenoxy) is 2. The number of benzene rings is 2. The van der Waals surface area contributed by atoms with Crippen molar-refractivity contribution < 1.29 is 34.1 Å². The molecule has 0 radical (unpaired) electrons. The summed E-state index contributed by atoms with van der Waals surface area (Å²) < 4.78 is 11.6. The number of aliphatic hydroxyl groups is 2. The lowest BCUT2D eigenvalue weighted by atomic mass is 9.59. The Hall–Kier alpha value is -3.55. The summed E-state index contributed by atoms with van der Waals surface area (Å²) in [6.07, 6.45) is 1.22. The number of Topliss-reactive ketones (excluding diaryl/α,β-unsaturated/α-hetero) is 1. The van der Waals surface area contributed by atoms with Gasteiger partial charge in [-0.2, -0.15) is 0 Å². The van der Waals surface area contributed by atoms with Gasteiger partial charge in [0.25, 0.3) is 0 Å². The van der Waals surface area contributed by atoms with E-state index in [1.807, 2.05) is 6.92 Å². The van der Waals surface area contributed by atoms with Gasteiger partial charge in [0.2, 0.25) is 0 Å². The van der Waals surface area contributed by atoms with E-state index in [0.29, 0.717) is 23.1 Å². The second kappa shape index (κ2) is 9.50. The van der Waals surface area contributed by atoms with Gasteiger partial charge in [-0.05, 0) is 71.9 Å². The van der Waals surface area contributed by atoms with E-state index in [1.54, 1.807) is 79.7 Å². The van der Waals surface area contributed by atoms with Gasteiger partial charge in [0, 0.05) is 5.92 Å². The number of hydrogen-bond acceptors (Lipinski definition) is 7. The van der Waals surface area contributed by atoms with Crippen LogP contribution >= 0.6 is 0 Å². The van der Waals surface area contributed by atoms with Crippen LogP contribution in [-0.2, 0) is 14.3 Å². The summed E-state index contributed by atoms with van der Waals surface area (Å²) in [5.74, 6) is -2.11. The van der Waals surface area contributed by atoms with E-state index in [2.05, 4.69) is 13.8 Å². The topological polar surface area (TPSA) is 110 Å². The van der Waals surface area contributed by atoms with E-state index in [0.717, 1.165) is 0 Å². The van der Waals surface area contributed by atoms with Crippen LogP contribution < -0.4 is 0 Å². The van der Waals surface area contributed by atoms with Crippen LogP contribution in [0.5, 0.6) is 0 Å². The molecule has 0 aliphatic heterocycles. The van der Waals surface area contributed by atoms with Crippen LogP contribution in [0.3, 0.4) is 0 Å². The molecule has 0 aromatic heterocycles. The van der Waals surface area contributed by atoms with Crippen LogP contribution in [0.2, 0.25) is 0 Å². The van der Waals surface area contributed by atoms with Crippen LogP contribution in [-0.4, -0.2) is 52.4 Å². The number of carbonyl (C=O) groups is 3. The van der Waals surface area contributed by atoms with E-state index >= 15 is 0 Å². The van der Waals surface area contributed by atoms with Crippen LogP contribution in [0.1, 0.15) is 54.8 Å². The third-order valence-corrected chi connectivity index (χ3v) is 10.3. The van der Waals surface area contributed by atoms with Gasteiger partial charge >= 0.3 is 11.9 Å². The van der Waals surface area contributed by atoms with Crippen molar-refractivity contribution in [2.75, 3.05) is 6.61 Å². The Balaban J connectivity index is 1.43. The zero-order valence-corrected chi connectivity index (χ0v) is 23.7. The number of allylic oxidation sites excluding steroid dienone is 1. The standard InChI is InChI=1S/C34H36O7/c1-19-17-33-20(2)15-25-26(32(25,3)4)24(28(33)36)16-23(18-40-30(37)21-11-7-5-8-12-21)27(35)34(33,39)29(19)41-31(38)22-13-9-6-10-14-22/h5-14,16-17,20,24-27,29,35,39H,15,18H2,1-4H3/t20?,24?,25-,26+,27-,29?,33?,34+/m1/s1. The van der Waals surface area contributed by atoms with Crippen molar-refractivity contribution >= 4 is 17.7 Å². The van der Waals surface area contributed by atoms with Gasteiger partial charge in [-0.3, -0.25) is 4.79 Å². The van der Waals surface area contributed by atoms with Crippen molar-refractivity contribution in [2.45, 2.75) is 51.9 Å². The molecule has 2 saturated carbocycles. The molecular weight excluding hydrogens is 520 g/mol. The molecule has 4 unspecified atom stereocenters. The van der Waals surface area contributed by atoms with Gasteiger partial charge in [-0.15, -0.1) is 0 Å². The number of carbonyl (C=O) groups excluding carboxylic acids is 3. The van der Waals surface area contributed by atoms with Gasteiger partial charge in [-0.1, -0.05) is 69.3 Å². The molecule has 2 fully saturated rings. The fourth-order valence-corrected chi connectivity index (χ4v) is 8.14. The molecule has 41 heavy (non-hydrogen) atoms. The quantitative estimate of drug-likeness (QED) is 0.411. The fraction of sp³-hybridized carbons (Fsp3) is 0.441. The Morgan fingerprint density at radius 1 is 0.976 bits per heavy atom. The summed E-state index contributed by atoms with van der Waals surface area (Å²) >= 11 is 0. The smallest absolute Gasteiger partial charge is 0.338 e. The monoisotopic (exact) mass is 556 g/mol. The molecule has 0 saturated heterocycles. The minimum Gasteiger partial charge on any atom is -0.457 e. The summed E-state index contributed by atoms with van der Waals surface area (Å²) in [5, 5.41) is 24.8. The Labute approximate surface area is 239 Å². The number of esters is 2. The largest absolute Gasteiger partial charge is 0.457 e. The first-order valence-electron chi connectivity index (χ1n) is 14.3. The van der Waals surface area contributed by atoms with Crippen molar-refractivity contribution in [1.82, 2.24) is 0 Å². The molecule has 4 aliphatic carbocycles. The highest BCUT2D eigenvalue weighted by atomic mass is 16.6. The lowest BCUT2D eigenvalue weighted by molar-refractivity contribution is -0.190. The van der Waals surface area contributed by atoms with Crippen molar-refractivity contribution in [1.29, 1.82) is 0 Å². The molecule has 0 amide bonds. The van der Waals surface area contributed by atoms with Crippen molar-refractivity contribution in [3.63, 3.8) is 0 Å². The summed E-state index contributed by atoms with van der Waals surface area (Å²) in [6.45, 7) is 7.64. The van der Waals surface area contributed by atoms with Crippen LogP contribution in [0, 0.1) is 34.5 Å². The minimum atomic E-state index is -2.20. The van der Waals surface area contributed by atoms with Gasteiger partial charge in [0.15, 0.2) is 17.5 Å². The Kier molecular flexibility index (Phi) is 6.40.